The maximum absolute atomic E-state index is 11.8. The molecule has 128 valence electrons. The van der Waals surface area contributed by atoms with E-state index in [2.05, 4.69) is 16.3 Å². The van der Waals surface area contributed by atoms with Crippen LogP contribution >= 0.6 is 11.8 Å². The van der Waals surface area contributed by atoms with E-state index in [1.807, 2.05) is 48.5 Å². The Hall–Kier alpha value is -3.12. The zero-order chi connectivity index (χ0) is 18.1. The van der Waals surface area contributed by atoms with Gasteiger partial charge in [0.15, 0.2) is 0 Å². The highest BCUT2D eigenvalue weighted by Gasteiger charge is 2.16. The fraction of sp³-hybridized carbons (Fsp3) is 0.0500. The molecule has 5 nitrogen and oxygen atoms in total. The molecule has 0 bridgehead atoms. The van der Waals surface area contributed by atoms with E-state index in [1.54, 1.807) is 13.0 Å². The molecule has 0 aliphatic rings. The summed E-state index contributed by atoms with van der Waals surface area (Å²) in [5.74, 6) is -0.643. The van der Waals surface area contributed by atoms with Gasteiger partial charge in [0.25, 0.3) is 5.22 Å². The van der Waals surface area contributed by atoms with Gasteiger partial charge in [-0.05, 0) is 51.0 Å². The normalized spacial score (nSPS) is 12.0. The summed E-state index contributed by atoms with van der Waals surface area (Å²) in [7, 11) is 0. The largest absolute Gasteiger partial charge is 0.477 e. The summed E-state index contributed by atoms with van der Waals surface area (Å²) < 4.78 is 5.31. The van der Waals surface area contributed by atoms with Gasteiger partial charge in [-0.3, -0.25) is 0 Å². The van der Waals surface area contributed by atoms with Crippen molar-refractivity contribution in [1.29, 1.82) is 0 Å². The van der Waals surface area contributed by atoms with Crippen LogP contribution in [0.4, 0.5) is 0 Å². The third-order valence-corrected chi connectivity index (χ3v) is 4.86. The first kappa shape index (κ1) is 16.4. The molecule has 4 rings (SSSR count). The number of aliphatic carboxylic acids is 1. The monoisotopic (exact) mass is 362 g/mol. The van der Waals surface area contributed by atoms with Crippen molar-refractivity contribution in [3.63, 3.8) is 0 Å². The van der Waals surface area contributed by atoms with Gasteiger partial charge >= 0.3 is 5.97 Å². The number of fused-ring (bicyclic) bond motifs is 2. The quantitative estimate of drug-likeness (QED) is 0.316. The highest BCUT2D eigenvalue weighted by Crippen LogP contribution is 2.33. The summed E-state index contributed by atoms with van der Waals surface area (Å²) in [5.41, 5.74) is 0.861. The summed E-state index contributed by atoms with van der Waals surface area (Å²) in [5, 5.41) is 21.6. The van der Waals surface area contributed by atoms with Gasteiger partial charge in [-0.15, -0.1) is 10.2 Å². The minimum Gasteiger partial charge on any atom is -0.477 e. The van der Waals surface area contributed by atoms with E-state index < -0.39 is 5.97 Å². The first-order valence-corrected chi connectivity index (χ1v) is 8.77. The van der Waals surface area contributed by atoms with Crippen LogP contribution in [0.15, 0.2) is 69.1 Å². The smallest absolute Gasteiger partial charge is 0.342 e. The molecule has 1 aromatic heterocycles. The number of benzene rings is 3. The van der Waals surface area contributed by atoms with Crippen molar-refractivity contribution in [1.82, 2.24) is 10.2 Å². The number of hydrogen-bond acceptors (Lipinski definition) is 5. The fourth-order valence-corrected chi connectivity index (χ4v) is 3.58. The Labute approximate surface area is 153 Å². The van der Waals surface area contributed by atoms with Gasteiger partial charge in [0.05, 0.1) is 0 Å². The van der Waals surface area contributed by atoms with E-state index in [1.165, 1.54) is 0 Å². The molecule has 4 aromatic rings. The summed E-state index contributed by atoms with van der Waals surface area (Å²) in [6.07, 6.45) is 1.68. The van der Waals surface area contributed by atoms with Crippen molar-refractivity contribution < 1.29 is 14.3 Å². The molecule has 0 atom stereocenters. The fourth-order valence-electron chi connectivity index (χ4n) is 2.88. The van der Waals surface area contributed by atoms with Crippen molar-refractivity contribution in [3.8, 4) is 0 Å². The van der Waals surface area contributed by atoms with E-state index >= 15 is 0 Å². The summed E-state index contributed by atoms with van der Waals surface area (Å²) in [6, 6.07) is 18.0. The van der Waals surface area contributed by atoms with Crippen LogP contribution < -0.4 is 0 Å². The second-order valence-corrected chi connectivity index (χ2v) is 6.73. The zero-order valence-electron chi connectivity index (χ0n) is 13.8. The predicted molar refractivity (Wildman–Crippen MR) is 102 cm³/mol. The molecule has 1 N–H and O–H groups in total. The SMILES string of the molecule is Cc1nnc(S/C(=C\c2c3ccccc3cc3ccccc23)C(=O)O)o1. The Bertz CT molecular complexity index is 1110. The lowest BCUT2D eigenvalue weighted by atomic mass is 9.96. The van der Waals surface area contributed by atoms with Crippen LogP contribution in [-0.2, 0) is 4.79 Å². The minimum absolute atomic E-state index is 0.121. The highest BCUT2D eigenvalue weighted by molar-refractivity contribution is 8.03. The Morgan fingerprint density at radius 3 is 2.19 bits per heavy atom. The number of carboxylic acid groups (broad SMARTS) is 1. The number of rotatable bonds is 4. The van der Waals surface area contributed by atoms with Crippen LogP contribution in [-0.4, -0.2) is 21.3 Å². The third-order valence-electron chi connectivity index (χ3n) is 4.00. The van der Waals surface area contributed by atoms with Crippen molar-refractivity contribution in [2.24, 2.45) is 0 Å². The van der Waals surface area contributed by atoms with Gasteiger partial charge < -0.3 is 9.52 Å². The van der Waals surface area contributed by atoms with Crippen LogP contribution in [0.5, 0.6) is 0 Å². The Balaban J connectivity index is 1.94. The molecule has 6 heteroatoms. The number of carbonyl (C=O) groups is 1. The van der Waals surface area contributed by atoms with Crippen molar-refractivity contribution in [2.45, 2.75) is 12.1 Å². The Morgan fingerprint density at radius 1 is 1.04 bits per heavy atom. The molecule has 0 aliphatic carbocycles. The zero-order valence-corrected chi connectivity index (χ0v) is 14.7. The van der Waals surface area contributed by atoms with Gasteiger partial charge in [0, 0.05) is 6.92 Å². The number of hydrogen-bond donors (Lipinski definition) is 1. The Morgan fingerprint density at radius 2 is 1.65 bits per heavy atom. The molecular formula is C20H14N2O3S. The number of aromatic nitrogens is 2. The molecule has 1 heterocycles. The first-order chi connectivity index (χ1) is 12.6. The number of carboxylic acids is 1. The van der Waals surface area contributed by atoms with Crippen LogP contribution in [0.1, 0.15) is 11.5 Å². The van der Waals surface area contributed by atoms with E-state index in [9.17, 15) is 9.90 Å². The van der Waals surface area contributed by atoms with Gasteiger partial charge in [-0.25, -0.2) is 4.79 Å². The van der Waals surface area contributed by atoms with Crippen LogP contribution in [0.2, 0.25) is 0 Å². The van der Waals surface area contributed by atoms with Gasteiger partial charge in [-0.1, -0.05) is 48.5 Å². The molecule has 0 unspecified atom stereocenters. The first-order valence-electron chi connectivity index (χ1n) is 7.95. The Kier molecular flexibility index (Phi) is 4.18. The topological polar surface area (TPSA) is 76.2 Å². The molecule has 0 aliphatic heterocycles. The second kappa shape index (κ2) is 6.65. The van der Waals surface area contributed by atoms with Crippen molar-refractivity contribution in [2.75, 3.05) is 0 Å². The maximum Gasteiger partial charge on any atom is 0.342 e. The lowest BCUT2D eigenvalue weighted by Gasteiger charge is -2.09. The second-order valence-electron chi connectivity index (χ2n) is 5.74. The molecular weight excluding hydrogens is 348 g/mol. The molecule has 0 saturated heterocycles. The van der Waals surface area contributed by atoms with Crippen LogP contribution in [0.3, 0.4) is 0 Å². The van der Waals surface area contributed by atoms with Gasteiger partial charge in [-0.2, -0.15) is 0 Å². The average molecular weight is 362 g/mol. The van der Waals surface area contributed by atoms with Crippen molar-refractivity contribution in [3.05, 3.63) is 71.0 Å². The molecule has 0 radical (unpaired) electrons. The summed E-state index contributed by atoms with van der Waals surface area (Å²) in [6.45, 7) is 1.67. The molecule has 0 fully saturated rings. The summed E-state index contributed by atoms with van der Waals surface area (Å²) in [4.78, 5) is 11.9. The minimum atomic E-state index is -1.04. The van der Waals surface area contributed by atoms with Crippen LogP contribution in [0, 0.1) is 6.92 Å². The maximum atomic E-state index is 11.8. The lowest BCUT2D eigenvalue weighted by molar-refractivity contribution is -0.131. The van der Waals surface area contributed by atoms with E-state index in [4.69, 9.17) is 4.42 Å². The van der Waals surface area contributed by atoms with E-state index in [-0.39, 0.29) is 10.1 Å². The third kappa shape index (κ3) is 3.07. The average Bonchev–Trinajstić information content (AvgIpc) is 3.05. The molecule has 3 aromatic carbocycles. The predicted octanol–water partition coefficient (Wildman–Crippen LogP) is 4.90. The molecule has 0 spiro atoms. The van der Waals surface area contributed by atoms with Gasteiger partial charge in [0.2, 0.25) is 5.89 Å². The number of nitrogens with zero attached hydrogens (tertiary/aromatic N) is 2. The van der Waals surface area contributed by atoms with Crippen molar-refractivity contribution >= 4 is 45.4 Å². The van der Waals surface area contributed by atoms with Crippen LogP contribution in [0.25, 0.3) is 27.6 Å². The summed E-state index contributed by atoms with van der Waals surface area (Å²) >= 11 is 0.951. The van der Waals surface area contributed by atoms with E-state index in [0.717, 1.165) is 38.9 Å². The number of thioether (sulfide) groups is 1. The highest BCUT2D eigenvalue weighted by atomic mass is 32.2. The molecule has 26 heavy (non-hydrogen) atoms. The number of aryl methyl sites for hydroxylation is 1. The lowest BCUT2D eigenvalue weighted by Crippen LogP contribution is -1.97. The molecule has 0 amide bonds. The van der Waals surface area contributed by atoms with Gasteiger partial charge in [0.1, 0.15) is 4.91 Å². The standard InChI is InChI=1S/C20H14N2O3S/c1-12-21-22-20(25-12)26-18(19(23)24)11-17-15-8-4-2-6-13(15)10-14-7-3-5-9-16(14)17/h2-11H,1H3,(H,23,24)/b18-11-. The molecule has 0 saturated carbocycles. The van der Waals surface area contributed by atoms with E-state index in [0.29, 0.717) is 5.89 Å².